The second-order valence-electron chi connectivity index (χ2n) is 6.29. The number of hydrogen-bond acceptors (Lipinski definition) is 4. The molecule has 1 heterocycles. The highest BCUT2D eigenvalue weighted by Gasteiger charge is 2.13. The molecule has 26 heavy (non-hydrogen) atoms. The molecule has 1 aromatic heterocycles. The molecule has 4 heteroatoms. The summed E-state index contributed by atoms with van der Waals surface area (Å²) in [6, 6.07) is 22.7. The van der Waals surface area contributed by atoms with Gasteiger partial charge in [0.05, 0.1) is 0 Å². The number of aromatic nitrogens is 2. The summed E-state index contributed by atoms with van der Waals surface area (Å²) >= 11 is 0. The van der Waals surface area contributed by atoms with Gasteiger partial charge in [-0.25, -0.2) is 9.97 Å². The Balaban J connectivity index is 1.99. The molecule has 0 N–H and O–H groups in total. The Morgan fingerprint density at radius 1 is 0.769 bits per heavy atom. The monoisotopic (exact) mass is 346 g/mol. The summed E-state index contributed by atoms with van der Waals surface area (Å²) in [4.78, 5) is 14.1. The van der Waals surface area contributed by atoms with Crippen LogP contribution in [0.2, 0.25) is 0 Å². The third kappa shape index (κ3) is 4.20. The first-order valence-electron chi connectivity index (χ1n) is 9.15. The van der Waals surface area contributed by atoms with E-state index < -0.39 is 0 Å². The van der Waals surface area contributed by atoms with Crippen LogP contribution < -0.4 is 9.80 Å². The van der Waals surface area contributed by atoms with Gasteiger partial charge in [0.25, 0.3) is 0 Å². The molecule has 0 fully saturated rings. The fraction of sp³-hybridized carbons (Fsp3) is 0.273. The summed E-state index contributed by atoms with van der Waals surface area (Å²) < 4.78 is 0. The van der Waals surface area contributed by atoms with Crippen LogP contribution >= 0.6 is 0 Å². The van der Waals surface area contributed by atoms with Gasteiger partial charge < -0.3 is 9.80 Å². The third-order valence-corrected chi connectivity index (χ3v) is 4.47. The zero-order valence-corrected chi connectivity index (χ0v) is 15.8. The second-order valence-corrected chi connectivity index (χ2v) is 6.29. The van der Waals surface area contributed by atoms with Gasteiger partial charge in [-0.1, -0.05) is 60.7 Å². The normalized spacial score (nSPS) is 10.6. The van der Waals surface area contributed by atoms with Crippen molar-refractivity contribution in [2.45, 2.75) is 20.4 Å². The van der Waals surface area contributed by atoms with E-state index >= 15 is 0 Å². The fourth-order valence-electron chi connectivity index (χ4n) is 2.98. The molecular weight excluding hydrogens is 320 g/mol. The van der Waals surface area contributed by atoms with Crippen molar-refractivity contribution in [3.63, 3.8) is 0 Å². The SMILES string of the molecule is CCN(CC)c1cc(N(C)Cc2ccccc2)nc(-c2ccccc2)n1. The molecule has 0 unspecified atom stereocenters. The van der Waals surface area contributed by atoms with Crippen LogP contribution in [0, 0.1) is 0 Å². The van der Waals surface area contributed by atoms with Crippen LogP contribution in [-0.4, -0.2) is 30.1 Å². The maximum absolute atomic E-state index is 4.84. The lowest BCUT2D eigenvalue weighted by Gasteiger charge is -2.24. The van der Waals surface area contributed by atoms with Crippen LogP contribution in [-0.2, 0) is 6.54 Å². The van der Waals surface area contributed by atoms with Gasteiger partial charge in [-0.15, -0.1) is 0 Å². The zero-order valence-electron chi connectivity index (χ0n) is 15.8. The summed E-state index contributed by atoms with van der Waals surface area (Å²) in [7, 11) is 2.08. The number of anilines is 2. The van der Waals surface area contributed by atoms with E-state index in [9.17, 15) is 0 Å². The topological polar surface area (TPSA) is 32.3 Å². The van der Waals surface area contributed by atoms with Crippen molar-refractivity contribution in [2.24, 2.45) is 0 Å². The highest BCUT2D eigenvalue weighted by Crippen LogP contribution is 2.24. The Labute approximate surface area is 156 Å². The minimum absolute atomic E-state index is 0.768. The predicted octanol–water partition coefficient (Wildman–Crippen LogP) is 4.63. The smallest absolute Gasteiger partial charge is 0.163 e. The molecule has 2 aromatic carbocycles. The molecule has 0 spiro atoms. The second kappa shape index (κ2) is 8.48. The Kier molecular flexibility index (Phi) is 5.84. The van der Waals surface area contributed by atoms with Crippen molar-refractivity contribution < 1.29 is 0 Å². The van der Waals surface area contributed by atoms with E-state index in [1.54, 1.807) is 0 Å². The summed E-state index contributed by atoms with van der Waals surface area (Å²) in [5.41, 5.74) is 2.30. The van der Waals surface area contributed by atoms with Crippen molar-refractivity contribution in [2.75, 3.05) is 29.9 Å². The zero-order chi connectivity index (χ0) is 18.4. The van der Waals surface area contributed by atoms with Gasteiger partial charge >= 0.3 is 0 Å². The summed E-state index contributed by atoms with van der Waals surface area (Å²) in [6.07, 6.45) is 0. The number of nitrogens with zero attached hydrogens (tertiary/aromatic N) is 4. The molecule has 0 aliphatic heterocycles. The number of benzene rings is 2. The molecule has 3 aromatic rings. The van der Waals surface area contributed by atoms with Crippen molar-refractivity contribution in [1.29, 1.82) is 0 Å². The lowest BCUT2D eigenvalue weighted by molar-refractivity contribution is 0.834. The first-order valence-corrected chi connectivity index (χ1v) is 9.15. The van der Waals surface area contributed by atoms with E-state index in [0.717, 1.165) is 42.7 Å². The van der Waals surface area contributed by atoms with E-state index in [2.05, 4.69) is 73.2 Å². The van der Waals surface area contributed by atoms with Crippen molar-refractivity contribution in [3.8, 4) is 11.4 Å². The molecule has 134 valence electrons. The molecule has 3 rings (SSSR count). The van der Waals surface area contributed by atoms with Crippen LogP contribution in [0.5, 0.6) is 0 Å². The molecule has 0 radical (unpaired) electrons. The van der Waals surface area contributed by atoms with Crippen molar-refractivity contribution in [1.82, 2.24) is 9.97 Å². The number of hydrogen-bond donors (Lipinski definition) is 0. The van der Waals surface area contributed by atoms with Gasteiger partial charge in [0, 0.05) is 38.3 Å². The van der Waals surface area contributed by atoms with Gasteiger partial charge in [0.1, 0.15) is 11.6 Å². The van der Waals surface area contributed by atoms with Gasteiger partial charge in [-0.2, -0.15) is 0 Å². The minimum Gasteiger partial charge on any atom is -0.357 e. The summed E-state index contributed by atoms with van der Waals surface area (Å²) in [5, 5.41) is 0. The molecule has 0 aliphatic rings. The van der Waals surface area contributed by atoms with Gasteiger partial charge in [-0.3, -0.25) is 0 Å². The molecule has 0 amide bonds. The number of rotatable bonds is 7. The van der Waals surface area contributed by atoms with E-state index in [1.807, 2.05) is 24.3 Å². The Morgan fingerprint density at radius 2 is 1.35 bits per heavy atom. The summed E-state index contributed by atoms with van der Waals surface area (Å²) in [5.74, 6) is 2.67. The average Bonchev–Trinajstić information content (AvgIpc) is 2.70. The molecular formula is C22H26N4. The van der Waals surface area contributed by atoms with Crippen molar-refractivity contribution in [3.05, 3.63) is 72.3 Å². The van der Waals surface area contributed by atoms with E-state index in [4.69, 9.17) is 9.97 Å². The predicted molar refractivity (Wildman–Crippen MR) is 110 cm³/mol. The maximum atomic E-state index is 4.84. The van der Waals surface area contributed by atoms with E-state index in [-0.39, 0.29) is 0 Å². The largest absolute Gasteiger partial charge is 0.357 e. The fourth-order valence-corrected chi connectivity index (χ4v) is 2.98. The molecule has 0 bridgehead atoms. The van der Waals surface area contributed by atoms with Gasteiger partial charge in [-0.05, 0) is 19.4 Å². The molecule has 0 atom stereocenters. The van der Waals surface area contributed by atoms with Gasteiger partial charge in [0.15, 0.2) is 5.82 Å². The average molecular weight is 346 g/mol. The third-order valence-electron chi connectivity index (χ3n) is 4.47. The Morgan fingerprint density at radius 3 is 1.96 bits per heavy atom. The first kappa shape index (κ1) is 17.9. The van der Waals surface area contributed by atoms with Crippen LogP contribution in [0.4, 0.5) is 11.6 Å². The van der Waals surface area contributed by atoms with Crippen LogP contribution in [0.15, 0.2) is 66.7 Å². The molecule has 0 saturated heterocycles. The highest BCUT2D eigenvalue weighted by molar-refractivity contribution is 5.62. The van der Waals surface area contributed by atoms with Crippen molar-refractivity contribution >= 4 is 11.6 Å². The van der Waals surface area contributed by atoms with Gasteiger partial charge in [0.2, 0.25) is 0 Å². The summed E-state index contributed by atoms with van der Waals surface area (Å²) in [6.45, 7) is 6.96. The Hall–Kier alpha value is -2.88. The maximum Gasteiger partial charge on any atom is 0.163 e. The molecule has 0 aliphatic carbocycles. The van der Waals surface area contributed by atoms with E-state index in [1.165, 1.54) is 5.56 Å². The van der Waals surface area contributed by atoms with Crippen LogP contribution in [0.1, 0.15) is 19.4 Å². The highest BCUT2D eigenvalue weighted by atomic mass is 15.2. The quantitative estimate of drug-likeness (QED) is 0.624. The Bertz CT molecular complexity index is 814. The van der Waals surface area contributed by atoms with E-state index in [0.29, 0.717) is 0 Å². The lowest BCUT2D eigenvalue weighted by Crippen LogP contribution is -2.25. The van der Waals surface area contributed by atoms with Crippen LogP contribution in [0.3, 0.4) is 0 Å². The molecule has 4 nitrogen and oxygen atoms in total. The molecule has 0 saturated carbocycles. The standard InChI is InChI=1S/C22H26N4/c1-4-26(5-2)21-16-20(25(3)17-18-12-8-6-9-13-18)23-22(24-21)19-14-10-7-11-15-19/h6-16H,4-5,17H2,1-3H3. The lowest BCUT2D eigenvalue weighted by atomic mass is 10.2. The first-order chi connectivity index (χ1) is 12.7. The van der Waals surface area contributed by atoms with Crippen LogP contribution in [0.25, 0.3) is 11.4 Å². The minimum atomic E-state index is 0.768.